The molecule has 5 aromatic rings. The number of carboxylic acids is 1. The molecule has 214 valence electrons. The summed E-state index contributed by atoms with van der Waals surface area (Å²) in [5.74, 6) is -1.07. The van der Waals surface area contributed by atoms with Gasteiger partial charge in [-0.15, -0.1) is 0 Å². The number of carbonyl (C=O) groups is 2. The molecule has 0 unspecified atom stereocenters. The van der Waals surface area contributed by atoms with Crippen molar-refractivity contribution < 1.29 is 23.1 Å². The largest absolute Gasteiger partial charge is 0.477 e. The van der Waals surface area contributed by atoms with Crippen LogP contribution in [0.3, 0.4) is 0 Å². The lowest BCUT2D eigenvalue weighted by molar-refractivity contribution is -0.106. The van der Waals surface area contributed by atoms with Crippen LogP contribution in [0.1, 0.15) is 40.7 Å². The van der Waals surface area contributed by atoms with E-state index in [1.807, 2.05) is 31.2 Å². The molecule has 1 N–H and O–H groups in total. The Morgan fingerprint density at radius 1 is 1.02 bits per heavy atom. The first-order valence-corrected chi connectivity index (χ1v) is 15.5. The topological polar surface area (TPSA) is 110 Å². The fraction of sp³-hybridized carbons (Fsp3) is 0.156. The normalized spacial score (nSPS) is 11.5. The molecule has 42 heavy (non-hydrogen) atoms. The Bertz CT molecular complexity index is 1920. The monoisotopic (exact) mass is 645 g/mol. The number of hydrogen-bond donors (Lipinski definition) is 1. The maximum absolute atomic E-state index is 13.5. The number of halogens is 1. The molecule has 10 heteroatoms. The summed E-state index contributed by atoms with van der Waals surface area (Å²) >= 11 is 3.29. The minimum absolute atomic E-state index is 0.00608. The number of para-hydroxylation sites is 1. The van der Waals surface area contributed by atoms with Crippen LogP contribution in [0.15, 0.2) is 94.3 Å². The fourth-order valence-corrected chi connectivity index (χ4v) is 7.27. The molecule has 0 aliphatic carbocycles. The minimum Gasteiger partial charge on any atom is -0.477 e. The van der Waals surface area contributed by atoms with Crippen molar-refractivity contribution in [2.24, 2.45) is 0 Å². The number of hydrogen-bond acceptors (Lipinski definition) is 5. The van der Waals surface area contributed by atoms with E-state index in [1.165, 1.54) is 6.07 Å². The van der Waals surface area contributed by atoms with Gasteiger partial charge in [0.15, 0.2) is 5.69 Å². The first kappa shape index (κ1) is 29.2. The molecule has 0 aliphatic rings. The summed E-state index contributed by atoms with van der Waals surface area (Å²) in [6.07, 6.45) is 2.05. The number of aromatic nitrogens is 2. The molecule has 0 bridgehead atoms. The van der Waals surface area contributed by atoms with E-state index < -0.39 is 16.0 Å². The van der Waals surface area contributed by atoms with Gasteiger partial charge in [-0.3, -0.25) is 4.79 Å². The Kier molecular flexibility index (Phi) is 8.29. The molecule has 3 aromatic carbocycles. The SMILES string of the molecule is CCCc1cc2c(C)cc(C(=O)O)nc2n1Cc1ccc(-c2ccccc2N(C=O)S(=O)(=O)c2ccccc2Br)cc1. The van der Waals surface area contributed by atoms with Gasteiger partial charge in [0.05, 0.1) is 5.69 Å². The zero-order chi connectivity index (χ0) is 30.0. The second-order valence-electron chi connectivity index (χ2n) is 9.89. The highest BCUT2D eigenvalue weighted by Gasteiger charge is 2.28. The van der Waals surface area contributed by atoms with Crippen LogP contribution in [-0.2, 0) is 27.8 Å². The third-order valence-corrected chi connectivity index (χ3v) is 9.77. The quantitative estimate of drug-likeness (QED) is 0.167. The van der Waals surface area contributed by atoms with Crippen LogP contribution >= 0.6 is 15.9 Å². The summed E-state index contributed by atoms with van der Waals surface area (Å²) in [6.45, 7) is 4.46. The van der Waals surface area contributed by atoms with Crippen LogP contribution in [0.4, 0.5) is 5.69 Å². The molecule has 5 rings (SSSR count). The number of fused-ring (bicyclic) bond motifs is 1. The van der Waals surface area contributed by atoms with Crippen molar-refractivity contribution in [3.63, 3.8) is 0 Å². The molecule has 0 atom stereocenters. The highest BCUT2D eigenvalue weighted by molar-refractivity contribution is 9.10. The van der Waals surface area contributed by atoms with Crippen molar-refractivity contribution in [1.29, 1.82) is 0 Å². The Hall–Kier alpha value is -4.28. The molecule has 0 radical (unpaired) electrons. The fourth-order valence-electron chi connectivity index (χ4n) is 5.06. The van der Waals surface area contributed by atoms with E-state index in [1.54, 1.807) is 48.5 Å². The van der Waals surface area contributed by atoms with Gasteiger partial charge in [0.1, 0.15) is 10.5 Å². The number of benzene rings is 3. The number of pyridine rings is 1. The first-order valence-electron chi connectivity index (χ1n) is 13.3. The van der Waals surface area contributed by atoms with E-state index in [0.717, 1.165) is 44.9 Å². The maximum atomic E-state index is 13.5. The van der Waals surface area contributed by atoms with Crippen molar-refractivity contribution >= 4 is 55.1 Å². The van der Waals surface area contributed by atoms with Gasteiger partial charge in [-0.1, -0.05) is 67.9 Å². The number of aromatic carboxylic acids is 1. The second-order valence-corrected chi connectivity index (χ2v) is 12.5. The van der Waals surface area contributed by atoms with Crippen LogP contribution in [0.25, 0.3) is 22.2 Å². The molecule has 0 fully saturated rings. The average molecular weight is 647 g/mol. The number of carbonyl (C=O) groups excluding carboxylic acids is 1. The number of sulfonamides is 1. The summed E-state index contributed by atoms with van der Waals surface area (Å²) in [5, 5.41) is 10.5. The van der Waals surface area contributed by atoms with E-state index in [9.17, 15) is 23.1 Å². The number of amides is 1. The van der Waals surface area contributed by atoms with E-state index in [2.05, 4.69) is 38.5 Å². The lowest BCUT2D eigenvalue weighted by atomic mass is 10.0. The van der Waals surface area contributed by atoms with Crippen molar-refractivity contribution in [2.75, 3.05) is 4.31 Å². The third kappa shape index (κ3) is 5.47. The predicted octanol–water partition coefficient (Wildman–Crippen LogP) is 6.82. The molecular formula is C32H28BrN3O5S. The van der Waals surface area contributed by atoms with E-state index in [-0.39, 0.29) is 16.3 Å². The highest BCUT2D eigenvalue weighted by atomic mass is 79.9. The smallest absolute Gasteiger partial charge is 0.354 e. The number of nitrogens with zero attached hydrogens (tertiary/aromatic N) is 3. The van der Waals surface area contributed by atoms with Crippen LogP contribution in [0.2, 0.25) is 0 Å². The van der Waals surface area contributed by atoms with Crippen LogP contribution < -0.4 is 4.31 Å². The standard InChI is InChI=1S/C32H28BrN3O5S/c1-3-8-24-18-26-21(2)17-28(32(38)39)34-31(26)35(24)19-22-13-15-23(16-14-22)25-9-4-6-11-29(25)36(20-37)42(40,41)30-12-7-5-10-27(30)33/h4-7,9-18,20H,3,8,19H2,1-2H3,(H,38,39). The zero-order valence-corrected chi connectivity index (χ0v) is 25.4. The van der Waals surface area contributed by atoms with Gasteiger partial charge in [0.2, 0.25) is 6.41 Å². The van der Waals surface area contributed by atoms with Crippen molar-refractivity contribution in [3.05, 3.63) is 112 Å². The molecule has 8 nitrogen and oxygen atoms in total. The first-order chi connectivity index (χ1) is 20.1. The minimum atomic E-state index is -4.19. The van der Waals surface area contributed by atoms with Crippen LogP contribution in [-0.4, -0.2) is 35.5 Å². The molecule has 0 aliphatic heterocycles. The molecular weight excluding hydrogens is 618 g/mol. The molecule has 2 heterocycles. The van der Waals surface area contributed by atoms with Gasteiger partial charge < -0.3 is 9.67 Å². The van der Waals surface area contributed by atoms with Gasteiger partial charge in [0.25, 0.3) is 10.0 Å². The van der Waals surface area contributed by atoms with Gasteiger partial charge in [-0.2, -0.15) is 0 Å². The Morgan fingerprint density at radius 2 is 1.71 bits per heavy atom. The summed E-state index contributed by atoms with van der Waals surface area (Å²) < 4.78 is 30.2. The Morgan fingerprint density at radius 3 is 2.38 bits per heavy atom. The predicted molar refractivity (Wildman–Crippen MR) is 166 cm³/mol. The Labute approximate surface area is 252 Å². The van der Waals surface area contributed by atoms with Crippen LogP contribution in [0, 0.1) is 6.92 Å². The van der Waals surface area contributed by atoms with E-state index >= 15 is 0 Å². The molecule has 0 spiro atoms. The third-order valence-electron chi connectivity index (χ3n) is 7.10. The highest BCUT2D eigenvalue weighted by Crippen LogP contribution is 2.35. The number of aryl methyl sites for hydroxylation is 2. The number of rotatable bonds is 10. The van der Waals surface area contributed by atoms with Gasteiger partial charge in [0, 0.05) is 27.7 Å². The summed E-state index contributed by atoms with van der Waals surface area (Å²) in [4.78, 5) is 28.4. The van der Waals surface area contributed by atoms with Crippen molar-refractivity contribution in [3.8, 4) is 11.1 Å². The zero-order valence-electron chi connectivity index (χ0n) is 23.0. The average Bonchev–Trinajstić information content (AvgIpc) is 3.31. The van der Waals surface area contributed by atoms with Crippen LogP contribution in [0.5, 0.6) is 0 Å². The summed E-state index contributed by atoms with van der Waals surface area (Å²) in [5.41, 5.74) is 5.07. The number of carboxylic acid groups (broad SMARTS) is 1. The summed E-state index contributed by atoms with van der Waals surface area (Å²) in [7, 11) is -4.19. The van der Waals surface area contributed by atoms with Crippen molar-refractivity contribution in [1.82, 2.24) is 9.55 Å². The molecule has 2 aromatic heterocycles. The van der Waals surface area contributed by atoms with E-state index in [4.69, 9.17) is 0 Å². The molecule has 1 amide bonds. The van der Waals surface area contributed by atoms with E-state index in [0.29, 0.717) is 28.6 Å². The van der Waals surface area contributed by atoms with Gasteiger partial charge in [-0.25, -0.2) is 22.5 Å². The Balaban J connectivity index is 1.52. The van der Waals surface area contributed by atoms with Gasteiger partial charge in [-0.05, 0) is 76.3 Å². The summed E-state index contributed by atoms with van der Waals surface area (Å²) in [6, 6.07) is 24.5. The second kappa shape index (κ2) is 11.9. The van der Waals surface area contributed by atoms with Crippen molar-refractivity contribution in [2.45, 2.75) is 38.1 Å². The number of anilines is 1. The lowest BCUT2D eigenvalue weighted by Crippen LogP contribution is -2.30. The lowest BCUT2D eigenvalue weighted by Gasteiger charge is -2.21. The van der Waals surface area contributed by atoms with Gasteiger partial charge >= 0.3 is 5.97 Å². The molecule has 0 saturated heterocycles. The molecule has 0 saturated carbocycles. The maximum Gasteiger partial charge on any atom is 0.354 e.